The molecule has 0 saturated carbocycles. The number of nitrogens with zero attached hydrogens (tertiary/aromatic N) is 3. The van der Waals surface area contributed by atoms with E-state index in [2.05, 4.69) is 32.0 Å². The maximum absolute atomic E-state index is 13.2. The van der Waals surface area contributed by atoms with E-state index in [-0.39, 0.29) is 5.91 Å². The first-order valence-corrected chi connectivity index (χ1v) is 9.04. The van der Waals surface area contributed by atoms with Crippen LogP contribution in [0.25, 0.3) is 10.9 Å². The van der Waals surface area contributed by atoms with Gasteiger partial charge in [0.25, 0.3) is 5.91 Å². The first-order valence-electron chi connectivity index (χ1n) is 9.04. The van der Waals surface area contributed by atoms with E-state index in [9.17, 15) is 4.79 Å². The number of carbonyl (C=O) groups is 1. The summed E-state index contributed by atoms with van der Waals surface area (Å²) in [6.45, 7) is 3.86. The van der Waals surface area contributed by atoms with E-state index in [0.717, 1.165) is 41.7 Å². The van der Waals surface area contributed by atoms with Gasteiger partial charge in [0.05, 0.1) is 12.6 Å². The molecule has 3 rings (SSSR count). The Morgan fingerprint density at radius 3 is 2.81 bits per heavy atom. The SMILES string of the molecule is CCN1C=CCC(C(=O)n2cc(CCN(C)C)c3ccc(OC)cc32)=C1. The minimum absolute atomic E-state index is 0.0298. The Morgan fingerprint density at radius 1 is 1.31 bits per heavy atom. The summed E-state index contributed by atoms with van der Waals surface area (Å²) in [5.41, 5.74) is 2.89. The molecule has 1 aliphatic rings. The van der Waals surface area contributed by atoms with Gasteiger partial charge in [-0.05, 0) is 57.8 Å². The molecule has 1 aromatic carbocycles. The van der Waals surface area contributed by atoms with Crippen molar-refractivity contribution in [1.82, 2.24) is 14.4 Å². The van der Waals surface area contributed by atoms with Gasteiger partial charge in [-0.3, -0.25) is 9.36 Å². The van der Waals surface area contributed by atoms with Gasteiger partial charge in [-0.25, -0.2) is 0 Å². The molecule has 0 bridgehead atoms. The van der Waals surface area contributed by atoms with E-state index < -0.39 is 0 Å². The first-order chi connectivity index (χ1) is 12.5. The summed E-state index contributed by atoms with van der Waals surface area (Å²) < 4.78 is 7.16. The van der Waals surface area contributed by atoms with Gasteiger partial charge >= 0.3 is 0 Å². The van der Waals surface area contributed by atoms with Crippen LogP contribution in [0, 0.1) is 0 Å². The van der Waals surface area contributed by atoms with E-state index >= 15 is 0 Å². The summed E-state index contributed by atoms with van der Waals surface area (Å²) in [5.74, 6) is 0.790. The fourth-order valence-electron chi connectivity index (χ4n) is 3.22. The third-order valence-corrected chi connectivity index (χ3v) is 4.74. The normalized spacial score (nSPS) is 14.2. The third kappa shape index (κ3) is 3.68. The standard InChI is InChI=1S/C21H27N3O2/c1-5-23-11-6-7-17(14-23)21(25)24-15-16(10-12-22(2)3)19-9-8-18(26-4)13-20(19)24/h6,8-9,11,13-15H,5,7,10,12H2,1-4H3. The molecule has 0 atom stereocenters. The maximum atomic E-state index is 13.2. The van der Waals surface area contributed by atoms with Crippen LogP contribution in [0.5, 0.6) is 5.75 Å². The Morgan fingerprint density at radius 2 is 2.12 bits per heavy atom. The lowest BCUT2D eigenvalue weighted by Gasteiger charge is -2.19. The van der Waals surface area contributed by atoms with Crippen LogP contribution in [0.3, 0.4) is 0 Å². The molecule has 1 aromatic heterocycles. The fourth-order valence-corrected chi connectivity index (χ4v) is 3.22. The van der Waals surface area contributed by atoms with Crippen molar-refractivity contribution in [3.8, 4) is 5.75 Å². The summed E-state index contributed by atoms with van der Waals surface area (Å²) in [7, 11) is 5.77. The van der Waals surface area contributed by atoms with Gasteiger partial charge in [0, 0.05) is 42.5 Å². The van der Waals surface area contributed by atoms with Crippen molar-refractivity contribution in [2.45, 2.75) is 19.8 Å². The summed E-state index contributed by atoms with van der Waals surface area (Å²) in [4.78, 5) is 17.4. The average Bonchev–Trinajstić information content (AvgIpc) is 3.03. The van der Waals surface area contributed by atoms with Crippen molar-refractivity contribution in [2.75, 3.05) is 34.3 Å². The van der Waals surface area contributed by atoms with Crippen molar-refractivity contribution in [1.29, 1.82) is 0 Å². The van der Waals surface area contributed by atoms with E-state index in [1.807, 2.05) is 41.7 Å². The van der Waals surface area contributed by atoms with Gasteiger partial charge in [-0.1, -0.05) is 6.08 Å². The molecule has 0 unspecified atom stereocenters. The monoisotopic (exact) mass is 353 g/mol. The van der Waals surface area contributed by atoms with E-state index in [1.54, 1.807) is 11.7 Å². The van der Waals surface area contributed by atoms with Crippen LogP contribution in [-0.2, 0) is 6.42 Å². The van der Waals surface area contributed by atoms with Crippen LogP contribution in [0.2, 0.25) is 0 Å². The number of allylic oxidation sites excluding steroid dienone is 2. The van der Waals surface area contributed by atoms with Crippen LogP contribution in [0.1, 0.15) is 23.7 Å². The Balaban J connectivity index is 2.03. The van der Waals surface area contributed by atoms with E-state index in [0.29, 0.717) is 6.42 Å². The van der Waals surface area contributed by atoms with Gasteiger partial charge in [-0.2, -0.15) is 0 Å². The number of methoxy groups -OCH3 is 1. The second-order valence-electron chi connectivity index (χ2n) is 6.84. The lowest BCUT2D eigenvalue weighted by molar-refractivity contribution is 0.0955. The molecule has 1 aliphatic heterocycles. The Hall–Kier alpha value is -2.53. The molecule has 0 fully saturated rings. The Bertz CT molecular complexity index is 862. The fraction of sp³-hybridized carbons (Fsp3) is 0.381. The van der Waals surface area contributed by atoms with Crippen molar-refractivity contribution in [3.63, 3.8) is 0 Å². The molecule has 0 radical (unpaired) electrons. The maximum Gasteiger partial charge on any atom is 0.260 e. The van der Waals surface area contributed by atoms with E-state index in [1.165, 1.54) is 5.56 Å². The Labute approximate surface area is 155 Å². The molecule has 0 saturated heterocycles. The van der Waals surface area contributed by atoms with Crippen LogP contribution in [0.4, 0.5) is 0 Å². The quantitative estimate of drug-likeness (QED) is 0.796. The first kappa shape index (κ1) is 18.3. The van der Waals surface area contributed by atoms with Crippen LogP contribution >= 0.6 is 0 Å². The molecule has 0 aliphatic carbocycles. The summed E-state index contributed by atoms with van der Waals surface area (Å²) in [6, 6.07) is 5.96. The molecule has 0 N–H and O–H groups in total. The third-order valence-electron chi connectivity index (χ3n) is 4.74. The van der Waals surface area contributed by atoms with Crippen LogP contribution < -0.4 is 4.74 Å². The molecule has 5 nitrogen and oxygen atoms in total. The minimum atomic E-state index is 0.0298. The van der Waals surface area contributed by atoms with Crippen molar-refractivity contribution in [2.24, 2.45) is 0 Å². The van der Waals surface area contributed by atoms with Crippen LogP contribution in [-0.4, -0.2) is 54.6 Å². The molecule has 0 spiro atoms. The molecule has 26 heavy (non-hydrogen) atoms. The highest BCUT2D eigenvalue weighted by Crippen LogP contribution is 2.28. The predicted octanol–water partition coefficient (Wildman–Crippen LogP) is 3.52. The number of rotatable bonds is 6. The highest BCUT2D eigenvalue weighted by molar-refractivity contribution is 6.03. The van der Waals surface area contributed by atoms with Gasteiger partial charge in [0.1, 0.15) is 5.75 Å². The highest BCUT2D eigenvalue weighted by atomic mass is 16.5. The summed E-state index contributed by atoms with van der Waals surface area (Å²) >= 11 is 0. The number of ether oxygens (including phenoxy) is 1. The Kier molecular flexibility index (Phi) is 5.47. The van der Waals surface area contributed by atoms with Crippen molar-refractivity contribution < 1.29 is 9.53 Å². The van der Waals surface area contributed by atoms with Crippen molar-refractivity contribution in [3.05, 3.63) is 54.0 Å². The number of hydrogen-bond donors (Lipinski definition) is 0. The number of benzene rings is 1. The van der Waals surface area contributed by atoms with E-state index in [4.69, 9.17) is 4.74 Å². The minimum Gasteiger partial charge on any atom is -0.497 e. The number of fused-ring (bicyclic) bond motifs is 1. The highest BCUT2D eigenvalue weighted by Gasteiger charge is 2.19. The molecule has 2 aromatic rings. The van der Waals surface area contributed by atoms with Gasteiger partial charge < -0.3 is 14.5 Å². The van der Waals surface area contributed by atoms with Crippen molar-refractivity contribution >= 4 is 16.8 Å². The van der Waals surface area contributed by atoms with Gasteiger partial charge in [-0.15, -0.1) is 0 Å². The second-order valence-corrected chi connectivity index (χ2v) is 6.84. The molecule has 0 amide bonds. The van der Waals surface area contributed by atoms with Crippen LogP contribution in [0.15, 0.2) is 48.4 Å². The lowest BCUT2D eigenvalue weighted by atomic mass is 10.1. The molecular formula is C21H27N3O2. The van der Waals surface area contributed by atoms with Gasteiger partial charge in [0.2, 0.25) is 0 Å². The lowest BCUT2D eigenvalue weighted by Crippen LogP contribution is -2.19. The number of hydrogen-bond acceptors (Lipinski definition) is 4. The molecular weight excluding hydrogens is 326 g/mol. The smallest absolute Gasteiger partial charge is 0.260 e. The average molecular weight is 353 g/mol. The number of carbonyl (C=O) groups excluding carboxylic acids is 1. The summed E-state index contributed by atoms with van der Waals surface area (Å²) in [5, 5.41) is 1.11. The largest absolute Gasteiger partial charge is 0.497 e. The summed E-state index contributed by atoms with van der Waals surface area (Å²) in [6.07, 6.45) is 9.56. The molecule has 138 valence electrons. The zero-order chi connectivity index (χ0) is 18.7. The number of likely N-dealkylation sites (N-methyl/N-ethyl adjacent to an activating group) is 1. The zero-order valence-corrected chi connectivity index (χ0v) is 16.0. The van der Waals surface area contributed by atoms with Gasteiger partial charge in [0.15, 0.2) is 0 Å². The molecule has 5 heteroatoms. The zero-order valence-electron chi connectivity index (χ0n) is 16.0. The molecule has 2 heterocycles. The topological polar surface area (TPSA) is 37.7 Å². The second kappa shape index (κ2) is 7.79. The predicted molar refractivity (Wildman–Crippen MR) is 106 cm³/mol. The number of aromatic nitrogens is 1.